The van der Waals surface area contributed by atoms with Gasteiger partial charge >= 0.3 is 5.76 Å². The van der Waals surface area contributed by atoms with Crippen LogP contribution >= 0.6 is 0 Å². The van der Waals surface area contributed by atoms with Gasteiger partial charge in [0.15, 0.2) is 5.58 Å². The fourth-order valence-corrected chi connectivity index (χ4v) is 4.32. The summed E-state index contributed by atoms with van der Waals surface area (Å²) < 4.78 is 6.82. The molecule has 0 saturated carbocycles. The highest BCUT2D eigenvalue weighted by molar-refractivity contribution is 5.93. The molecule has 2 heterocycles. The molecule has 1 aliphatic heterocycles. The molecule has 0 unspecified atom stereocenters. The highest BCUT2D eigenvalue weighted by atomic mass is 16.4. The van der Waals surface area contributed by atoms with Gasteiger partial charge in [0.25, 0.3) is 0 Å². The van der Waals surface area contributed by atoms with Gasteiger partial charge in [-0.05, 0) is 43.5 Å². The first-order valence-corrected chi connectivity index (χ1v) is 11.4. The molecule has 1 fully saturated rings. The number of carbonyl (C=O) groups is 2. The van der Waals surface area contributed by atoms with E-state index >= 15 is 0 Å². The highest BCUT2D eigenvalue weighted by Crippen LogP contribution is 2.19. The summed E-state index contributed by atoms with van der Waals surface area (Å²) in [6.45, 7) is 7.26. The Kier molecular flexibility index (Phi) is 6.93. The van der Waals surface area contributed by atoms with Crippen molar-refractivity contribution in [3.05, 3.63) is 64.1 Å². The van der Waals surface area contributed by atoms with E-state index in [0.29, 0.717) is 57.7 Å². The molecule has 0 bridgehead atoms. The van der Waals surface area contributed by atoms with Crippen molar-refractivity contribution in [2.75, 3.05) is 38.0 Å². The molecule has 8 heteroatoms. The summed E-state index contributed by atoms with van der Waals surface area (Å²) in [6, 6.07) is 13.2. The maximum Gasteiger partial charge on any atom is 0.419 e. The molecule has 8 nitrogen and oxygen atoms in total. The summed E-state index contributed by atoms with van der Waals surface area (Å²) in [5, 5.41) is 3.02. The lowest BCUT2D eigenvalue weighted by molar-refractivity contribution is -0.133. The molecular weight excluding hydrogens is 420 g/mol. The molecule has 3 aromatic rings. The summed E-state index contributed by atoms with van der Waals surface area (Å²) in [5.74, 6) is -0.350. The molecule has 1 aliphatic rings. The second kappa shape index (κ2) is 10.0. The molecule has 1 aromatic heterocycles. The van der Waals surface area contributed by atoms with Gasteiger partial charge in [-0.3, -0.25) is 19.1 Å². The number of piperazine rings is 1. The van der Waals surface area contributed by atoms with Crippen LogP contribution in [0.25, 0.3) is 11.1 Å². The highest BCUT2D eigenvalue weighted by Gasteiger charge is 2.22. The minimum absolute atomic E-state index is 0.0371. The zero-order valence-electron chi connectivity index (χ0n) is 19.2. The van der Waals surface area contributed by atoms with E-state index in [4.69, 9.17) is 4.42 Å². The molecule has 0 aliphatic carbocycles. The van der Waals surface area contributed by atoms with Crippen LogP contribution in [0.3, 0.4) is 0 Å². The van der Waals surface area contributed by atoms with Crippen LogP contribution in [-0.2, 0) is 16.1 Å². The largest absolute Gasteiger partial charge is 0.419 e. The third-order valence-electron chi connectivity index (χ3n) is 6.18. The molecule has 0 atom stereocenters. The fourth-order valence-electron chi connectivity index (χ4n) is 4.32. The number of rotatable bonds is 7. The number of fused-ring (bicyclic) bond motifs is 1. The topological polar surface area (TPSA) is 87.8 Å². The molecule has 1 N–H and O–H groups in total. The third-order valence-corrected chi connectivity index (χ3v) is 6.18. The maximum atomic E-state index is 12.6. The van der Waals surface area contributed by atoms with E-state index in [1.54, 1.807) is 10.6 Å². The molecule has 4 rings (SSSR count). The molecule has 0 spiro atoms. The number of aryl methyl sites for hydroxylation is 3. The number of nitrogens with zero attached hydrogens (tertiary/aromatic N) is 3. The molecule has 0 radical (unpaired) electrons. The lowest BCUT2D eigenvalue weighted by atomic mass is 10.1. The Labute approximate surface area is 192 Å². The van der Waals surface area contributed by atoms with Crippen LogP contribution < -0.4 is 11.1 Å². The van der Waals surface area contributed by atoms with E-state index in [0.717, 1.165) is 22.3 Å². The number of aromatic nitrogens is 1. The third kappa shape index (κ3) is 5.34. The molecule has 33 heavy (non-hydrogen) atoms. The van der Waals surface area contributed by atoms with Gasteiger partial charge in [-0.25, -0.2) is 4.79 Å². The second-order valence-corrected chi connectivity index (χ2v) is 8.56. The van der Waals surface area contributed by atoms with Crippen LogP contribution in [0.2, 0.25) is 0 Å². The van der Waals surface area contributed by atoms with Gasteiger partial charge in [0.05, 0.1) is 12.1 Å². The lowest BCUT2D eigenvalue weighted by Crippen LogP contribution is -2.50. The molecule has 1 saturated heterocycles. The summed E-state index contributed by atoms with van der Waals surface area (Å²) in [7, 11) is 0. The summed E-state index contributed by atoms with van der Waals surface area (Å²) >= 11 is 0. The smallest absolute Gasteiger partial charge is 0.408 e. The van der Waals surface area contributed by atoms with Gasteiger partial charge < -0.3 is 14.6 Å². The molecular formula is C25H30N4O4. The first-order valence-electron chi connectivity index (χ1n) is 11.4. The van der Waals surface area contributed by atoms with Crippen molar-refractivity contribution in [2.45, 2.75) is 33.2 Å². The number of carbonyl (C=O) groups excluding carboxylic acids is 2. The first kappa shape index (κ1) is 22.8. The predicted octanol–water partition coefficient (Wildman–Crippen LogP) is 2.77. The van der Waals surface area contributed by atoms with Gasteiger partial charge in [-0.1, -0.05) is 30.3 Å². The van der Waals surface area contributed by atoms with Crippen LogP contribution in [0.4, 0.5) is 5.69 Å². The molecule has 174 valence electrons. The molecule has 2 amide bonds. The fraction of sp³-hybridized carbons (Fsp3) is 0.400. The number of para-hydroxylation sites is 3. The Balaban J connectivity index is 1.21. The average Bonchev–Trinajstić information content (AvgIpc) is 3.12. The summed E-state index contributed by atoms with van der Waals surface area (Å²) in [5.41, 5.74) is 4.28. The number of oxazole rings is 1. The second-order valence-electron chi connectivity index (χ2n) is 8.56. The number of amides is 2. The number of benzene rings is 2. The van der Waals surface area contributed by atoms with Gasteiger partial charge in [0.2, 0.25) is 11.8 Å². The Morgan fingerprint density at radius 2 is 1.67 bits per heavy atom. The maximum absolute atomic E-state index is 12.6. The van der Waals surface area contributed by atoms with E-state index < -0.39 is 5.76 Å². The van der Waals surface area contributed by atoms with Crippen molar-refractivity contribution in [2.24, 2.45) is 0 Å². The standard InChI is InChI=1S/C25H30N4O4/c1-18-7-5-8-19(2)24(18)26-22(30)17-27-13-15-28(16-14-27)23(31)11-6-12-29-20-9-3-4-10-21(20)33-25(29)32/h3-5,7-10H,6,11-17H2,1-2H3,(H,26,30). The van der Waals surface area contributed by atoms with Crippen LogP contribution in [0.15, 0.2) is 51.7 Å². The van der Waals surface area contributed by atoms with Crippen molar-refractivity contribution in [1.82, 2.24) is 14.4 Å². The Morgan fingerprint density at radius 3 is 2.39 bits per heavy atom. The van der Waals surface area contributed by atoms with E-state index in [1.165, 1.54) is 0 Å². The van der Waals surface area contributed by atoms with E-state index in [1.807, 2.05) is 55.1 Å². The number of nitrogens with one attached hydrogen (secondary N) is 1. The van der Waals surface area contributed by atoms with Crippen molar-refractivity contribution < 1.29 is 14.0 Å². The van der Waals surface area contributed by atoms with Crippen LogP contribution in [-0.4, -0.2) is 58.9 Å². The normalized spacial score (nSPS) is 14.5. The Bertz CT molecular complexity index is 1180. The SMILES string of the molecule is Cc1cccc(C)c1NC(=O)CN1CCN(C(=O)CCCn2c(=O)oc3ccccc32)CC1. The number of hydrogen-bond donors (Lipinski definition) is 1. The van der Waals surface area contributed by atoms with Crippen molar-refractivity contribution in [3.63, 3.8) is 0 Å². The first-order chi connectivity index (χ1) is 15.9. The molecule has 2 aromatic carbocycles. The van der Waals surface area contributed by atoms with Gasteiger partial charge in [-0.2, -0.15) is 0 Å². The minimum Gasteiger partial charge on any atom is -0.408 e. The van der Waals surface area contributed by atoms with Crippen LogP contribution in [0.1, 0.15) is 24.0 Å². The zero-order chi connectivity index (χ0) is 23.4. The van der Waals surface area contributed by atoms with E-state index in [9.17, 15) is 14.4 Å². The average molecular weight is 451 g/mol. The van der Waals surface area contributed by atoms with Gasteiger partial charge in [0, 0.05) is 44.8 Å². The van der Waals surface area contributed by atoms with Crippen molar-refractivity contribution in [1.29, 1.82) is 0 Å². The summed E-state index contributed by atoms with van der Waals surface area (Å²) in [6.07, 6.45) is 0.944. The van der Waals surface area contributed by atoms with Crippen LogP contribution in [0.5, 0.6) is 0 Å². The van der Waals surface area contributed by atoms with Crippen LogP contribution in [0, 0.1) is 13.8 Å². The van der Waals surface area contributed by atoms with E-state index in [2.05, 4.69) is 10.2 Å². The lowest BCUT2D eigenvalue weighted by Gasteiger charge is -2.34. The zero-order valence-corrected chi connectivity index (χ0v) is 19.2. The van der Waals surface area contributed by atoms with Crippen molar-refractivity contribution in [3.8, 4) is 0 Å². The summed E-state index contributed by atoms with van der Waals surface area (Å²) in [4.78, 5) is 41.1. The number of hydrogen-bond acceptors (Lipinski definition) is 5. The predicted molar refractivity (Wildman–Crippen MR) is 127 cm³/mol. The Morgan fingerprint density at radius 1 is 0.970 bits per heavy atom. The number of anilines is 1. The quantitative estimate of drug-likeness (QED) is 0.598. The minimum atomic E-state index is -0.392. The van der Waals surface area contributed by atoms with Gasteiger partial charge in [-0.15, -0.1) is 0 Å². The Hall–Kier alpha value is -3.39. The van der Waals surface area contributed by atoms with Crippen molar-refractivity contribution >= 4 is 28.6 Å². The van der Waals surface area contributed by atoms with E-state index in [-0.39, 0.29) is 11.8 Å². The van der Waals surface area contributed by atoms with Gasteiger partial charge in [0.1, 0.15) is 0 Å². The monoisotopic (exact) mass is 450 g/mol.